The number of benzene rings is 1. The summed E-state index contributed by atoms with van der Waals surface area (Å²) in [6.07, 6.45) is 0.0249. The summed E-state index contributed by atoms with van der Waals surface area (Å²) in [7, 11) is 0. The molecule has 2 fully saturated rings. The minimum absolute atomic E-state index is 0.0529. The molecule has 2 saturated heterocycles. The van der Waals surface area contributed by atoms with Crippen LogP contribution in [-0.2, 0) is 18.0 Å². The van der Waals surface area contributed by atoms with Gasteiger partial charge in [-0.1, -0.05) is 18.7 Å². The number of halogens is 2. The summed E-state index contributed by atoms with van der Waals surface area (Å²) in [5, 5.41) is 10.6. The van der Waals surface area contributed by atoms with Gasteiger partial charge in [0.2, 0.25) is 0 Å². The van der Waals surface area contributed by atoms with Gasteiger partial charge in [-0.3, -0.25) is 0 Å². The minimum Gasteiger partial charge on any atom is -0.465 e. The van der Waals surface area contributed by atoms with E-state index in [1.165, 1.54) is 16.7 Å². The summed E-state index contributed by atoms with van der Waals surface area (Å²) in [6, 6.07) is 0.106. The van der Waals surface area contributed by atoms with E-state index in [1.807, 2.05) is 6.92 Å². The van der Waals surface area contributed by atoms with Crippen LogP contribution < -0.4 is 4.90 Å². The second kappa shape index (κ2) is 6.70. The highest BCUT2D eigenvalue weighted by Gasteiger charge is 2.48. The Labute approximate surface area is 173 Å². The van der Waals surface area contributed by atoms with Crippen molar-refractivity contribution in [2.45, 2.75) is 43.8 Å². The molecule has 5 rings (SSSR count). The standard InChI is InChI=1S/C18H18BrFN4O3S/c1-2-28-17-21-15-12(10-6-27-7-11(10)13(19)14(15)20)16(22-17)24-8-3-9(24)5-23(4-8)18(25)26/h8-9H,2-7H2,1H3,(H,25,26). The normalized spacial score (nSPS) is 23.1. The van der Waals surface area contributed by atoms with Crippen molar-refractivity contribution in [1.82, 2.24) is 14.9 Å². The number of amides is 1. The van der Waals surface area contributed by atoms with Gasteiger partial charge in [0.05, 0.1) is 35.2 Å². The number of piperidine rings is 1. The number of rotatable bonds is 3. The van der Waals surface area contributed by atoms with Gasteiger partial charge in [0.1, 0.15) is 11.3 Å². The summed E-state index contributed by atoms with van der Waals surface area (Å²) in [5.41, 5.74) is 2.03. The SMILES string of the molecule is CCSc1nc(N2C3CC2CN(C(=O)O)C3)c2c3c(c(Br)c(F)c2n1)COC3. The Kier molecular flexibility index (Phi) is 4.40. The van der Waals surface area contributed by atoms with Crippen LogP contribution in [0.25, 0.3) is 10.9 Å². The average molecular weight is 469 g/mol. The van der Waals surface area contributed by atoms with Crippen LogP contribution in [0.1, 0.15) is 24.5 Å². The van der Waals surface area contributed by atoms with Crippen molar-refractivity contribution in [3.63, 3.8) is 0 Å². The topological polar surface area (TPSA) is 78.8 Å². The number of aromatic nitrogens is 2. The molecule has 0 radical (unpaired) electrons. The Morgan fingerprint density at radius 3 is 2.71 bits per heavy atom. The van der Waals surface area contributed by atoms with Crippen LogP contribution in [0.2, 0.25) is 0 Å². The van der Waals surface area contributed by atoms with Crippen LogP contribution in [-0.4, -0.2) is 57.0 Å². The first-order chi connectivity index (χ1) is 13.5. The zero-order valence-electron chi connectivity index (χ0n) is 15.1. The summed E-state index contributed by atoms with van der Waals surface area (Å²) in [4.78, 5) is 24.3. The Hall–Kier alpha value is -1.65. The number of carbonyl (C=O) groups is 1. The van der Waals surface area contributed by atoms with E-state index in [-0.39, 0.29) is 12.1 Å². The average Bonchev–Trinajstić information content (AvgIpc) is 3.16. The zero-order valence-corrected chi connectivity index (χ0v) is 17.5. The van der Waals surface area contributed by atoms with Crippen LogP contribution in [0.5, 0.6) is 0 Å². The Morgan fingerprint density at radius 1 is 1.32 bits per heavy atom. The number of ether oxygens (including phenoxy) is 1. The predicted octanol–water partition coefficient (Wildman–Crippen LogP) is 3.61. The number of carboxylic acid groups (broad SMARTS) is 1. The molecule has 3 aliphatic rings. The van der Waals surface area contributed by atoms with E-state index in [0.29, 0.717) is 52.7 Å². The molecular formula is C18H18BrFN4O3S. The van der Waals surface area contributed by atoms with E-state index >= 15 is 4.39 Å². The van der Waals surface area contributed by atoms with Crippen LogP contribution in [0.4, 0.5) is 15.0 Å². The van der Waals surface area contributed by atoms with Gasteiger partial charge in [-0.15, -0.1) is 0 Å². The number of likely N-dealkylation sites (tertiary alicyclic amines) is 1. The smallest absolute Gasteiger partial charge is 0.407 e. The molecule has 2 bridgehead atoms. The largest absolute Gasteiger partial charge is 0.465 e. The van der Waals surface area contributed by atoms with Crippen molar-refractivity contribution < 1.29 is 19.0 Å². The number of thioether (sulfide) groups is 1. The van der Waals surface area contributed by atoms with Crippen molar-refractivity contribution in [2.75, 3.05) is 23.7 Å². The molecule has 7 nitrogen and oxygen atoms in total. The Morgan fingerprint density at radius 2 is 2.04 bits per heavy atom. The lowest BCUT2D eigenvalue weighted by molar-refractivity contribution is 0.0928. The maximum atomic E-state index is 15.2. The van der Waals surface area contributed by atoms with Crippen LogP contribution in [0, 0.1) is 5.82 Å². The fraction of sp³-hybridized carbons (Fsp3) is 0.500. The maximum Gasteiger partial charge on any atom is 0.407 e. The van der Waals surface area contributed by atoms with Crippen LogP contribution >= 0.6 is 27.7 Å². The molecule has 28 heavy (non-hydrogen) atoms. The molecule has 1 N–H and O–H groups in total. The van der Waals surface area contributed by atoms with Crippen molar-refractivity contribution in [2.24, 2.45) is 0 Å². The second-order valence-electron chi connectivity index (χ2n) is 7.20. The summed E-state index contributed by atoms with van der Waals surface area (Å²) in [5.74, 6) is 1.10. The zero-order chi connectivity index (χ0) is 19.6. The van der Waals surface area contributed by atoms with E-state index in [1.54, 1.807) is 0 Å². The minimum atomic E-state index is -0.895. The Bertz CT molecular complexity index is 995. The highest BCUT2D eigenvalue weighted by atomic mass is 79.9. The lowest BCUT2D eigenvalue weighted by Gasteiger charge is -2.56. The molecule has 148 valence electrons. The van der Waals surface area contributed by atoms with E-state index in [9.17, 15) is 9.90 Å². The molecule has 4 heterocycles. The number of hydrogen-bond acceptors (Lipinski definition) is 6. The molecule has 0 spiro atoms. The highest BCUT2D eigenvalue weighted by Crippen LogP contribution is 2.45. The van der Waals surface area contributed by atoms with Crippen molar-refractivity contribution >= 4 is 50.5 Å². The third-order valence-electron chi connectivity index (χ3n) is 5.68. The van der Waals surface area contributed by atoms with Gasteiger partial charge in [0, 0.05) is 18.7 Å². The van der Waals surface area contributed by atoms with Crippen molar-refractivity contribution in [1.29, 1.82) is 0 Å². The van der Waals surface area contributed by atoms with Gasteiger partial charge < -0.3 is 19.6 Å². The van der Waals surface area contributed by atoms with E-state index < -0.39 is 11.9 Å². The molecule has 2 atom stereocenters. The van der Waals surface area contributed by atoms with Gasteiger partial charge in [-0.05, 0) is 33.7 Å². The van der Waals surface area contributed by atoms with Crippen LogP contribution in [0.3, 0.4) is 0 Å². The molecule has 10 heteroatoms. The number of nitrogens with zero attached hydrogens (tertiary/aromatic N) is 4. The summed E-state index contributed by atoms with van der Waals surface area (Å²) in [6.45, 7) is 3.62. The number of hydrogen-bond donors (Lipinski definition) is 1. The number of anilines is 1. The third kappa shape index (κ3) is 2.61. The quantitative estimate of drug-likeness (QED) is 0.544. The first kappa shape index (κ1) is 18.4. The molecule has 1 aromatic carbocycles. The van der Waals surface area contributed by atoms with E-state index in [4.69, 9.17) is 9.72 Å². The Balaban J connectivity index is 1.69. The second-order valence-corrected chi connectivity index (χ2v) is 9.23. The van der Waals surface area contributed by atoms with Crippen molar-refractivity contribution in [3.05, 3.63) is 21.4 Å². The molecule has 0 saturated carbocycles. The van der Waals surface area contributed by atoms with Gasteiger partial charge in [0.25, 0.3) is 0 Å². The molecule has 1 aromatic heterocycles. The predicted molar refractivity (Wildman–Crippen MR) is 106 cm³/mol. The van der Waals surface area contributed by atoms with E-state index in [0.717, 1.165) is 23.3 Å². The molecule has 3 aliphatic heterocycles. The first-order valence-corrected chi connectivity index (χ1v) is 10.9. The molecule has 2 aromatic rings. The first-order valence-electron chi connectivity index (χ1n) is 9.16. The number of piperazine rings is 1. The third-order valence-corrected chi connectivity index (χ3v) is 7.23. The monoisotopic (exact) mass is 468 g/mol. The maximum absolute atomic E-state index is 15.2. The number of fused-ring (bicyclic) bond motifs is 5. The summed E-state index contributed by atoms with van der Waals surface area (Å²) >= 11 is 4.84. The fourth-order valence-corrected chi connectivity index (χ4v) is 5.55. The lowest BCUT2D eigenvalue weighted by Crippen LogP contribution is -2.70. The fourth-order valence-electron chi connectivity index (χ4n) is 4.44. The highest BCUT2D eigenvalue weighted by molar-refractivity contribution is 9.10. The van der Waals surface area contributed by atoms with Gasteiger partial charge in [-0.2, -0.15) is 0 Å². The van der Waals surface area contributed by atoms with Gasteiger partial charge in [0.15, 0.2) is 11.0 Å². The van der Waals surface area contributed by atoms with Crippen molar-refractivity contribution in [3.8, 4) is 0 Å². The van der Waals surface area contributed by atoms with E-state index in [2.05, 4.69) is 25.8 Å². The van der Waals surface area contributed by atoms with Gasteiger partial charge >= 0.3 is 6.09 Å². The molecule has 0 aliphatic carbocycles. The molecular weight excluding hydrogens is 451 g/mol. The lowest BCUT2D eigenvalue weighted by atomic mass is 9.87. The van der Waals surface area contributed by atoms with Crippen LogP contribution in [0.15, 0.2) is 9.63 Å². The van der Waals surface area contributed by atoms with Gasteiger partial charge in [-0.25, -0.2) is 19.2 Å². The molecule has 1 amide bonds. The summed E-state index contributed by atoms with van der Waals surface area (Å²) < 4.78 is 21.2. The molecule has 2 unspecified atom stereocenters.